The van der Waals surface area contributed by atoms with E-state index in [1.165, 1.54) is 48.3 Å². The minimum absolute atomic E-state index is 0.609. The number of hydrogen-bond acceptors (Lipinski definition) is 5. The number of hydrogen-bond donors (Lipinski definition) is 1. The summed E-state index contributed by atoms with van der Waals surface area (Å²) in [6.45, 7) is 12.9. The number of piperidine rings is 1. The Morgan fingerprint density at radius 3 is 2.11 bits per heavy atom. The number of nitrogens with one attached hydrogen (secondary N) is 1. The van der Waals surface area contributed by atoms with Crippen LogP contribution in [-0.4, -0.2) is 68.2 Å². The van der Waals surface area contributed by atoms with Gasteiger partial charge in [-0.1, -0.05) is 66.7 Å². The van der Waals surface area contributed by atoms with Gasteiger partial charge < -0.3 is 15.0 Å². The monoisotopic (exact) mass is 498 g/mol. The van der Waals surface area contributed by atoms with Gasteiger partial charge in [0.25, 0.3) is 0 Å². The highest BCUT2D eigenvalue weighted by Crippen LogP contribution is 2.30. The maximum absolute atomic E-state index is 6.17. The van der Waals surface area contributed by atoms with Crippen molar-refractivity contribution in [2.75, 3.05) is 57.3 Å². The second kappa shape index (κ2) is 13.1. The van der Waals surface area contributed by atoms with Crippen LogP contribution in [0.15, 0.2) is 78.9 Å². The Bertz CT molecular complexity index is 1070. The van der Waals surface area contributed by atoms with Gasteiger partial charge in [-0.3, -0.25) is 9.80 Å². The largest absolute Gasteiger partial charge is 0.489 e. The zero-order valence-electron chi connectivity index (χ0n) is 22.3. The SMILES string of the molecule is Cc1c(OCc2ccccc2)cccc1N1CCN(CCNC2CCN(Cc3ccccc3)CC2)CC1. The Morgan fingerprint density at radius 1 is 0.730 bits per heavy atom. The van der Waals surface area contributed by atoms with Gasteiger partial charge in [-0.25, -0.2) is 0 Å². The number of piperazine rings is 1. The molecule has 2 fully saturated rings. The summed E-state index contributed by atoms with van der Waals surface area (Å²) in [4.78, 5) is 7.73. The Morgan fingerprint density at radius 2 is 1.41 bits per heavy atom. The zero-order chi connectivity index (χ0) is 25.3. The van der Waals surface area contributed by atoms with Gasteiger partial charge in [-0.15, -0.1) is 0 Å². The molecule has 0 saturated carbocycles. The summed E-state index contributed by atoms with van der Waals surface area (Å²) in [7, 11) is 0. The van der Waals surface area contributed by atoms with E-state index in [2.05, 4.69) is 99.7 Å². The maximum Gasteiger partial charge on any atom is 0.124 e. The Labute approximate surface area is 223 Å². The fraction of sp³-hybridized carbons (Fsp3) is 0.438. The molecule has 37 heavy (non-hydrogen) atoms. The molecule has 2 aliphatic heterocycles. The molecule has 0 bridgehead atoms. The molecular weight excluding hydrogens is 456 g/mol. The molecule has 3 aromatic rings. The summed E-state index contributed by atoms with van der Waals surface area (Å²) in [5.41, 5.74) is 5.18. The van der Waals surface area contributed by atoms with E-state index in [1.54, 1.807) is 0 Å². The molecule has 5 rings (SSSR count). The molecule has 3 aromatic carbocycles. The smallest absolute Gasteiger partial charge is 0.124 e. The average Bonchev–Trinajstić information content (AvgIpc) is 2.95. The van der Waals surface area contributed by atoms with Crippen LogP contribution in [0.4, 0.5) is 5.69 Å². The molecule has 5 heteroatoms. The van der Waals surface area contributed by atoms with Gasteiger partial charge in [0, 0.05) is 63.1 Å². The van der Waals surface area contributed by atoms with Gasteiger partial charge in [-0.05, 0) is 56.1 Å². The predicted octanol–water partition coefficient (Wildman–Crippen LogP) is 4.95. The minimum atomic E-state index is 0.609. The molecule has 0 amide bonds. The molecule has 2 aliphatic rings. The van der Waals surface area contributed by atoms with Crippen molar-refractivity contribution >= 4 is 5.69 Å². The highest BCUT2D eigenvalue weighted by molar-refractivity contribution is 5.59. The number of likely N-dealkylation sites (tertiary alicyclic amines) is 1. The van der Waals surface area contributed by atoms with Crippen molar-refractivity contribution in [3.8, 4) is 5.75 Å². The van der Waals surface area contributed by atoms with Crippen molar-refractivity contribution in [3.63, 3.8) is 0 Å². The van der Waals surface area contributed by atoms with Crippen LogP contribution in [-0.2, 0) is 13.2 Å². The summed E-state index contributed by atoms with van der Waals surface area (Å²) in [5, 5.41) is 3.84. The number of benzene rings is 3. The lowest BCUT2D eigenvalue weighted by Gasteiger charge is -2.37. The van der Waals surface area contributed by atoms with Crippen LogP contribution >= 0.6 is 0 Å². The Balaban J connectivity index is 1.01. The molecule has 0 spiro atoms. The molecular formula is C32H42N4O. The molecule has 0 unspecified atom stereocenters. The molecule has 0 aliphatic carbocycles. The van der Waals surface area contributed by atoms with Crippen LogP contribution in [0.1, 0.15) is 29.5 Å². The lowest BCUT2D eigenvalue weighted by atomic mass is 10.0. The van der Waals surface area contributed by atoms with E-state index < -0.39 is 0 Å². The van der Waals surface area contributed by atoms with E-state index in [0.29, 0.717) is 12.6 Å². The number of anilines is 1. The van der Waals surface area contributed by atoms with E-state index in [4.69, 9.17) is 4.74 Å². The topological polar surface area (TPSA) is 31.0 Å². The van der Waals surface area contributed by atoms with Crippen LogP contribution < -0.4 is 15.0 Å². The number of nitrogens with zero attached hydrogens (tertiary/aromatic N) is 3. The molecule has 2 saturated heterocycles. The quantitative estimate of drug-likeness (QED) is 0.427. The van der Waals surface area contributed by atoms with Crippen LogP contribution in [0.3, 0.4) is 0 Å². The van der Waals surface area contributed by atoms with E-state index in [-0.39, 0.29) is 0 Å². The van der Waals surface area contributed by atoms with Crippen molar-refractivity contribution in [2.24, 2.45) is 0 Å². The Hall–Kier alpha value is -2.86. The van der Waals surface area contributed by atoms with Crippen molar-refractivity contribution < 1.29 is 4.74 Å². The van der Waals surface area contributed by atoms with Gasteiger partial charge in [0.2, 0.25) is 0 Å². The highest BCUT2D eigenvalue weighted by Gasteiger charge is 2.21. The highest BCUT2D eigenvalue weighted by atomic mass is 16.5. The summed E-state index contributed by atoms with van der Waals surface area (Å²) in [6, 6.07) is 28.4. The van der Waals surface area contributed by atoms with E-state index in [0.717, 1.165) is 51.6 Å². The van der Waals surface area contributed by atoms with Crippen LogP contribution in [0.25, 0.3) is 0 Å². The summed E-state index contributed by atoms with van der Waals surface area (Å²) >= 11 is 0. The lowest BCUT2D eigenvalue weighted by molar-refractivity contribution is 0.185. The summed E-state index contributed by atoms with van der Waals surface area (Å²) in [5.74, 6) is 0.989. The van der Waals surface area contributed by atoms with E-state index in [1.807, 2.05) is 6.07 Å². The van der Waals surface area contributed by atoms with Crippen molar-refractivity contribution in [2.45, 2.75) is 39.0 Å². The molecule has 1 N–H and O–H groups in total. The van der Waals surface area contributed by atoms with Crippen molar-refractivity contribution in [3.05, 3.63) is 95.6 Å². The molecule has 2 heterocycles. The van der Waals surface area contributed by atoms with E-state index in [9.17, 15) is 0 Å². The molecule has 0 radical (unpaired) electrons. The summed E-state index contributed by atoms with van der Waals surface area (Å²) in [6.07, 6.45) is 2.51. The minimum Gasteiger partial charge on any atom is -0.489 e. The van der Waals surface area contributed by atoms with Crippen molar-refractivity contribution in [1.82, 2.24) is 15.1 Å². The third-order valence-corrected chi connectivity index (χ3v) is 7.90. The molecule has 5 nitrogen and oxygen atoms in total. The first-order chi connectivity index (χ1) is 18.2. The van der Waals surface area contributed by atoms with Gasteiger partial charge in [0.1, 0.15) is 12.4 Å². The van der Waals surface area contributed by atoms with Crippen LogP contribution in [0, 0.1) is 6.92 Å². The number of ether oxygens (including phenoxy) is 1. The molecule has 196 valence electrons. The zero-order valence-corrected chi connectivity index (χ0v) is 22.3. The number of rotatable bonds is 10. The van der Waals surface area contributed by atoms with Gasteiger partial charge in [0.05, 0.1) is 0 Å². The molecule has 0 atom stereocenters. The third kappa shape index (κ3) is 7.35. The maximum atomic E-state index is 6.17. The van der Waals surface area contributed by atoms with Crippen LogP contribution in [0.2, 0.25) is 0 Å². The fourth-order valence-corrected chi connectivity index (χ4v) is 5.61. The standard InChI is InChI=1S/C32H42N4O/c1-27-31(13-8-14-32(27)37-26-29-11-6-3-7-12-29)36-23-21-34(22-24-36)20-17-33-30-15-18-35(19-16-30)25-28-9-4-2-5-10-28/h2-14,30,33H,15-26H2,1H3. The van der Waals surface area contributed by atoms with E-state index >= 15 is 0 Å². The van der Waals surface area contributed by atoms with Gasteiger partial charge in [-0.2, -0.15) is 0 Å². The predicted molar refractivity (Wildman–Crippen MR) is 153 cm³/mol. The Kier molecular flexibility index (Phi) is 9.12. The normalized spacial score (nSPS) is 17.7. The first-order valence-corrected chi connectivity index (χ1v) is 14.0. The second-order valence-electron chi connectivity index (χ2n) is 10.5. The van der Waals surface area contributed by atoms with Gasteiger partial charge >= 0.3 is 0 Å². The fourth-order valence-electron chi connectivity index (χ4n) is 5.61. The third-order valence-electron chi connectivity index (χ3n) is 7.90. The lowest BCUT2D eigenvalue weighted by Crippen LogP contribution is -2.49. The average molecular weight is 499 g/mol. The summed E-state index contributed by atoms with van der Waals surface area (Å²) < 4.78 is 6.17. The molecule has 0 aromatic heterocycles. The van der Waals surface area contributed by atoms with Crippen LogP contribution in [0.5, 0.6) is 5.75 Å². The van der Waals surface area contributed by atoms with Gasteiger partial charge in [0.15, 0.2) is 0 Å². The first kappa shape index (κ1) is 25.8. The first-order valence-electron chi connectivity index (χ1n) is 14.0. The van der Waals surface area contributed by atoms with Crippen molar-refractivity contribution in [1.29, 1.82) is 0 Å². The second-order valence-corrected chi connectivity index (χ2v) is 10.5.